The third-order valence-electron chi connectivity index (χ3n) is 3.22. The average Bonchev–Trinajstić information content (AvgIpc) is 2.43. The smallest absolute Gasteiger partial charge is 0.295 e. The summed E-state index contributed by atoms with van der Waals surface area (Å²) in [6.07, 6.45) is 3.36. The number of benzene rings is 2. The van der Waals surface area contributed by atoms with Crippen LogP contribution in [0.4, 0.5) is 5.69 Å². The van der Waals surface area contributed by atoms with Gasteiger partial charge in [0.05, 0.1) is 6.07 Å². The molecule has 0 heterocycles. The summed E-state index contributed by atoms with van der Waals surface area (Å²) in [6, 6.07) is 8.80. The van der Waals surface area contributed by atoms with Gasteiger partial charge in [0, 0.05) is 17.6 Å². The molecule has 0 saturated heterocycles. The first-order valence-electron chi connectivity index (χ1n) is 6.82. The van der Waals surface area contributed by atoms with Crippen LogP contribution in [0.3, 0.4) is 0 Å². The Morgan fingerprint density at radius 3 is 2.67 bits per heavy atom. The summed E-state index contributed by atoms with van der Waals surface area (Å²) in [5.74, 6) is -0.294. The van der Waals surface area contributed by atoms with Crippen molar-refractivity contribution in [2.45, 2.75) is 31.1 Å². The van der Waals surface area contributed by atoms with Crippen molar-refractivity contribution < 1.29 is 18.1 Å². The van der Waals surface area contributed by atoms with Crippen molar-refractivity contribution in [3.63, 3.8) is 0 Å². The van der Waals surface area contributed by atoms with Crippen LogP contribution in [0, 0.1) is 6.07 Å². The van der Waals surface area contributed by atoms with E-state index in [0.717, 1.165) is 31.5 Å². The molecule has 0 atom stereocenters. The quantitative estimate of drug-likeness (QED) is 0.563. The molecular formula is C15H18NO4S. The van der Waals surface area contributed by atoms with Gasteiger partial charge in [-0.05, 0) is 30.0 Å². The van der Waals surface area contributed by atoms with E-state index in [-0.39, 0.29) is 5.75 Å². The van der Waals surface area contributed by atoms with Crippen molar-refractivity contribution in [1.29, 1.82) is 0 Å². The predicted molar refractivity (Wildman–Crippen MR) is 82.3 cm³/mol. The lowest BCUT2D eigenvalue weighted by atomic mass is 10.1. The fourth-order valence-corrected chi connectivity index (χ4v) is 2.61. The molecule has 2 rings (SSSR count). The van der Waals surface area contributed by atoms with Gasteiger partial charge in [-0.3, -0.25) is 4.55 Å². The van der Waals surface area contributed by atoms with E-state index in [1.807, 2.05) is 6.07 Å². The highest BCUT2D eigenvalue weighted by molar-refractivity contribution is 7.85. The van der Waals surface area contributed by atoms with E-state index in [1.165, 1.54) is 6.07 Å². The molecule has 0 unspecified atom stereocenters. The average molecular weight is 308 g/mol. The van der Waals surface area contributed by atoms with E-state index >= 15 is 0 Å². The largest absolute Gasteiger partial charge is 0.507 e. The fraction of sp³-hybridized carbons (Fsp3) is 0.333. The van der Waals surface area contributed by atoms with Crippen molar-refractivity contribution >= 4 is 26.6 Å². The summed E-state index contributed by atoms with van der Waals surface area (Å²) < 4.78 is 31.2. The maximum atomic E-state index is 11.1. The Bertz CT molecular complexity index is 741. The fourth-order valence-electron chi connectivity index (χ4n) is 2.11. The second-order valence-electron chi connectivity index (χ2n) is 4.89. The van der Waals surface area contributed by atoms with Gasteiger partial charge in [0.15, 0.2) is 0 Å². The molecule has 0 amide bonds. The van der Waals surface area contributed by atoms with Crippen molar-refractivity contribution in [2.24, 2.45) is 0 Å². The first-order valence-corrected chi connectivity index (χ1v) is 8.26. The molecule has 6 heteroatoms. The van der Waals surface area contributed by atoms with Crippen LogP contribution >= 0.6 is 0 Å². The Balaban J connectivity index is 2.30. The molecule has 5 nitrogen and oxygen atoms in total. The summed E-state index contributed by atoms with van der Waals surface area (Å²) in [5.41, 5.74) is 0.849. The van der Waals surface area contributed by atoms with Crippen LogP contribution in [0.15, 0.2) is 29.2 Å². The summed E-state index contributed by atoms with van der Waals surface area (Å²) in [7, 11) is -4.38. The van der Waals surface area contributed by atoms with Crippen molar-refractivity contribution in [3.05, 3.63) is 30.3 Å². The van der Waals surface area contributed by atoms with Gasteiger partial charge >= 0.3 is 0 Å². The Labute approximate surface area is 124 Å². The zero-order chi connectivity index (χ0) is 15.5. The first-order chi connectivity index (χ1) is 9.91. The van der Waals surface area contributed by atoms with Crippen LogP contribution in [0.25, 0.3) is 10.8 Å². The van der Waals surface area contributed by atoms with Crippen LogP contribution < -0.4 is 5.32 Å². The minimum absolute atomic E-state index is 0.294. The molecule has 0 aliphatic carbocycles. The molecule has 0 aromatic heterocycles. The zero-order valence-electron chi connectivity index (χ0n) is 11.8. The number of nitrogens with one attached hydrogen (secondary N) is 1. The minimum atomic E-state index is -4.38. The van der Waals surface area contributed by atoms with Crippen molar-refractivity contribution in [1.82, 2.24) is 0 Å². The van der Waals surface area contributed by atoms with Crippen LogP contribution in [0.1, 0.15) is 26.2 Å². The van der Waals surface area contributed by atoms with Gasteiger partial charge in [-0.1, -0.05) is 25.8 Å². The number of aromatic hydroxyl groups is 1. The number of phenolic OH excluding ortho intramolecular Hbond substituents is 1. The number of hydrogen-bond acceptors (Lipinski definition) is 4. The SMILES string of the molecule is CCCCCNc1ccc2cc(S(=O)(=O)O)[c]c(O)c2c1. The Kier molecular flexibility index (Phi) is 4.69. The number of phenols is 1. The number of fused-ring (bicyclic) bond motifs is 1. The van der Waals surface area contributed by atoms with E-state index in [2.05, 4.69) is 18.3 Å². The highest BCUT2D eigenvalue weighted by Gasteiger charge is 2.14. The topological polar surface area (TPSA) is 86.6 Å². The van der Waals surface area contributed by atoms with Crippen LogP contribution in [0.2, 0.25) is 0 Å². The number of anilines is 1. The molecule has 0 spiro atoms. The molecule has 0 bridgehead atoms. The maximum absolute atomic E-state index is 11.1. The highest BCUT2D eigenvalue weighted by Crippen LogP contribution is 2.30. The predicted octanol–water partition coefficient (Wildman–Crippen LogP) is 3.19. The van der Waals surface area contributed by atoms with Crippen LogP contribution in [-0.2, 0) is 10.1 Å². The number of unbranched alkanes of at least 4 members (excludes halogenated alkanes) is 2. The molecule has 21 heavy (non-hydrogen) atoms. The lowest BCUT2D eigenvalue weighted by Gasteiger charge is -2.09. The van der Waals surface area contributed by atoms with E-state index < -0.39 is 15.0 Å². The second-order valence-corrected chi connectivity index (χ2v) is 6.28. The molecule has 0 aliphatic rings. The molecule has 3 N–H and O–H groups in total. The molecule has 0 aliphatic heterocycles. The van der Waals surface area contributed by atoms with E-state index in [9.17, 15) is 13.5 Å². The summed E-state index contributed by atoms with van der Waals surface area (Å²) >= 11 is 0. The third kappa shape index (κ3) is 3.86. The molecule has 0 saturated carbocycles. The van der Waals surface area contributed by atoms with Gasteiger partial charge in [0.25, 0.3) is 10.1 Å². The Morgan fingerprint density at radius 1 is 1.24 bits per heavy atom. The molecule has 1 radical (unpaired) electrons. The standard InChI is InChI=1S/C15H18NO4S/c1-2-3-4-7-16-12-6-5-11-8-13(21(18,19)20)10-15(17)14(11)9-12/h5-6,8-9,16-17H,2-4,7H2,1H3,(H,18,19,20). The summed E-state index contributed by atoms with van der Waals surface area (Å²) in [4.78, 5) is -0.434. The van der Waals surface area contributed by atoms with Crippen molar-refractivity contribution in [2.75, 3.05) is 11.9 Å². The summed E-state index contributed by atoms with van der Waals surface area (Å²) in [6.45, 7) is 2.98. The molecule has 2 aromatic carbocycles. The normalized spacial score (nSPS) is 11.7. The van der Waals surface area contributed by atoms with E-state index in [0.29, 0.717) is 10.8 Å². The first kappa shape index (κ1) is 15.6. The minimum Gasteiger partial charge on any atom is -0.507 e. The van der Waals surface area contributed by atoms with Gasteiger partial charge in [-0.15, -0.1) is 0 Å². The van der Waals surface area contributed by atoms with E-state index in [1.54, 1.807) is 12.1 Å². The van der Waals surface area contributed by atoms with Gasteiger partial charge in [-0.25, -0.2) is 0 Å². The molecule has 2 aromatic rings. The van der Waals surface area contributed by atoms with E-state index in [4.69, 9.17) is 4.55 Å². The van der Waals surface area contributed by atoms with Crippen LogP contribution in [-0.4, -0.2) is 24.6 Å². The Morgan fingerprint density at radius 2 is 2.00 bits per heavy atom. The molecule has 0 fully saturated rings. The third-order valence-corrected chi connectivity index (χ3v) is 4.00. The van der Waals surface area contributed by atoms with Gasteiger partial charge in [0.1, 0.15) is 10.6 Å². The van der Waals surface area contributed by atoms with Crippen molar-refractivity contribution in [3.8, 4) is 5.75 Å². The second kappa shape index (κ2) is 6.32. The Hall–Kier alpha value is -1.79. The number of rotatable bonds is 6. The summed E-state index contributed by atoms with van der Waals surface area (Å²) in [5, 5.41) is 14.2. The maximum Gasteiger partial charge on any atom is 0.295 e. The zero-order valence-corrected chi connectivity index (χ0v) is 12.6. The van der Waals surface area contributed by atoms with Crippen LogP contribution in [0.5, 0.6) is 5.75 Å². The lowest BCUT2D eigenvalue weighted by molar-refractivity contribution is 0.469. The number of hydrogen-bond donors (Lipinski definition) is 3. The highest BCUT2D eigenvalue weighted by atomic mass is 32.2. The monoisotopic (exact) mass is 308 g/mol. The lowest BCUT2D eigenvalue weighted by Crippen LogP contribution is -2.01. The molecule has 113 valence electrons. The molecular weight excluding hydrogens is 290 g/mol. The van der Waals surface area contributed by atoms with Gasteiger partial charge in [-0.2, -0.15) is 8.42 Å². The van der Waals surface area contributed by atoms with Gasteiger partial charge in [0.2, 0.25) is 0 Å². The van der Waals surface area contributed by atoms with Gasteiger partial charge < -0.3 is 10.4 Å².